The molecule has 0 amide bonds. The lowest BCUT2D eigenvalue weighted by Crippen LogP contribution is -2.31. The van der Waals surface area contributed by atoms with Crippen LogP contribution in [0, 0.1) is 0 Å². The Balaban J connectivity index is 1.75. The van der Waals surface area contributed by atoms with Crippen LogP contribution in [0.2, 0.25) is 5.02 Å². The Morgan fingerprint density at radius 1 is 1.30 bits per heavy atom. The van der Waals surface area contributed by atoms with E-state index in [-0.39, 0.29) is 16.0 Å². The third-order valence-corrected chi connectivity index (χ3v) is 6.55. The summed E-state index contributed by atoms with van der Waals surface area (Å²) in [5, 5.41) is 0.230. The number of halogens is 2. The first-order chi connectivity index (χ1) is 11.0. The summed E-state index contributed by atoms with van der Waals surface area (Å²) in [5.74, 6) is 0.655. The number of rotatable bonds is 4. The molecule has 5 nitrogen and oxygen atoms in total. The largest absolute Gasteiger partial charge is 0.488 e. The number of sulfonamides is 1. The lowest BCUT2D eigenvalue weighted by atomic mass is 10.3. The molecule has 122 valence electrons. The monoisotopic (exact) mass is 416 g/mol. The quantitative estimate of drug-likeness (QED) is 0.765. The second kappa shape index (κ2) is 6.76. The van der Waals surface area contributed by atoms with Crippen LogP contribution in [0.4, 0.5) is 0 Å². The first kappa shape index (κ1) is 16.7. The van der Waals surface area contributed by atoms with Gasteiger partial charge in [-0.25, -0.2) is 8.42 Å². The number of hydrogen-bond donors (Lipinski definition) is 0. The van der Waals surface area contributed by atoms with Gasteiger partial charge in [0.05, 0.1) is 16.0 Å². The predicted molar refractivity (Wildman–Crippen MR) is 91.2 cm³/mol. The number of benzene rings is 1. The first-order valence-corrected chi connectivity index (χ1v) is 9.60. The zero-order valence-electron chi connectivity index (χ0n) is 12.0. The number of pyridine rings is 1. The molecule has 0 bridgehead atoms. The lowest BCUT2D eigenvalue weighted by Gasteiger charge is -2.18. The summed E-state index contributed by atoms with van der Waals surface area (Å²) in [6.45, 7) is 0.698. The normalized spacial score (nSPS) is 19.0. The Hall–Kier alpha value is -1.15. The Morgan fingerprint density at radius 3 is 2.83 bits per heavy atom. The molecule has 1 aromatic heterocycles. The van der Waals surface area contributed by atoms with Crippen molar-refractivity contribution in [3.63, 3.8) is 0 Å². The number of ether oxygens (including phenoxy) is 1. The van der Waals surface area contributed by atoms with Crippen molar-refractivity contribution < 1.29 is 13.2 Å². The molecule has 1 saturated heterocycles. The van der Waals surface area contributed by atoms with Gasteiger partial charge in [-0.05, 0) is 40.5 Å². The summed E-state index contributed by atoms with van der Waals surface area (Å²) >= 11 is 9.39. The molecule has 3 rings (SSSR count). The fourth-order valence-corrected chi connectivity index (χ4v) is 4.77. The van der Waals surface area contributed by atoms with Crippen LogP contribution in [0.3, 0.4) is 0 Å². The fraction of sp³-hybridized carbons (Fsp3) is 0.267. The molecular formula is C15H14BrClN2O3S. The van der Waals surface area contributed by atoms with Crippen molar-refractivity contribution in [2.45, 2.75) is 17.4 Å². The highest BCUT2D eigenvalue weighted by atomic mass is 79.9. The molecule has 8 heteroatoms. The van der Waals surface area contributed by atoms with Crippen LogP contribution in [0.5, 0.6) is 5.75 Å². The Labute approximate surface area is 148 Å². The lowest BCUT2D eigenvalue weighted by molar-refractivity contribution is 0.214. The van der Waals surface area contributed by atoms with Crippen LogP contribution >= 0.6 is 27.5 Å². The van der Waals surface area contributed by atoms with Crippen LogP contribution < -0.4 is 4.74 Å². The zero-order chi connectivity index (χ0) is 16.4. The van der Waals surface area contributed by atoms with Crippen LogP contribution in [0.1, 0.15) is 6.42 Å². The molecule has 2 heterocycles. The van der Waals surface area contributed by atoms with Gasteiger partial charge in [0.15, 0.2) is 0 Å². The first-order valence-electron chi connectivity index (χ1n) is 6.99. The summed E-state index contributed by atoms with van der Waals surface area (Å²) in [6, 6.07) is 8.21. The number of aromatic nitrogens is 1. The van der Waals surface area contributed by atoms with Gasteiger partial charge in [-0.2, -0.15) is 4.31 Å². The van der Waals surface area contributed by atoms with Gasteiger partial charge in [0, 0.05) is 18.9 Å². The standard InChI is InChI=1S/C15H14BrClN2O3S/c16-12-9-18-7-5-14(12)22-11-6-8-19(10-11)23(20,21)15-4-2-1-3-13(15)17/h1-5,7,9,11H,6,8,10H2. The number of hydrogen-bond acceptors (Lipinski definition) is 4. The average molecular weight is 418 g/mol. The van der Waals surface area contributed by atoms with Gasteiger partial charge >= 0.3 is 0 Å². The Morgan fingerprint density at radius 2 is 2.09 bits per heavy atom. The van der Waals surface area contributed by atoms with E-state index in [1.54, 1.807) is 36.7 Å². The third kappa shape index (κ3) is 3.52. The third-order valence-electron chi connectivity index (χ3n) is 3.59. The van der Waals surface area contributed by atoms with E-state index in [1.165, 1.54) is 10.4 Å². The van der Waals surface area contributed by atoms with Crippen LogP contribution in [-0.4, -0.2) is 36.9 Å². The van der Waals surface area contributed by atoms with E-state index in [9.17, 15) is 8.42 Å². The molecule has 1 fully saturated rings. The van der Waals surface area contributed by atoms with Crippen molar-refractivity contribution in [3.05, 3.63) is 52.2 Å². The van der Waals surface area contributed by atoms with E-state index in [0.717, 1.165) is 4.47 Å². The van der Waals surface area contributed by atoms with Crippen molar-refractivity contribution in [1.29, 1.82) is 0 Å². The van der Waals surface area contributed by atoms with E-state index in [1.807, 2.05) is 0 Å². The Bertz CT molecular complexity index is 816. The highest BCUT2D eigenvalue weighted by Gasteiger charge is 2.34. The summed E-state index contributed by atoms with van der Waals surface area (Å²) < 4.78 is 33.4. The van der Waals surface area contributed by atoms with Gasteiger partial charge in [-0.3, -0.25) is 4.98 Å². The van der Waals surface area contributed by atoms with Gasteiger partial charge in [-0.1, -0.05) is 23.7 Å². The summed E-state index contributed by atoms with van der Waals surface area (Å²) in [5.41, 5.74) is 0. The van der Waals surface area contributed by atoms with E-state index in [0.29, 0.717) is 25.3 Å². The topological polar surface area (TPSA) is 59.5 Å². The molecule has 0 spiro atoms. The molecule has 2 aromatic rings. The summed E-state index contributed by atoms with van der Waals surface area (Å²) in [4.78, 5) is 4.11. The van der Waals surface area contributed by atoms with E-state index >= 15 is 0 Å². The Kier molecular flexibility index (Phi) is 4.91. The molecule has 1 atom stereocenters. The van der Waals surface area contributed by atoms with Gasteiger partial charge in [0.2, 0.25) is 10.0 Å². The minimum Gasteiger partial charge on any atom is -0.488 e. The molecule has 1 aromatic carbocycles. The minimum absolute atomic E-state index is 0.132. The molecule has 0 N–H and O–H groups in total. The van der Waals surface area contributed by atoms with E-state index in [2.05, 4.69) is 20.9 Å². The van der Waals surface area contributed by atoms with Gasteiger partial charge in [0.1, 0.15) is 16.7 Å². The minimum atomic E-state index is -3.61. The maximum atomic E-state index is 12.7. The average Bonchev–Trinajstić information content (AvgIpc) is 2.99. The van der Waals surface area contributed by atoms with Crippen LogP contribution in [0.25, 0.3) is 0 Å². The molecule has 1 unspecified atom stereocenters. The second-order valence-electron chi connectivity index (χ2n) is 5.13. The maximum absolute atomic E-state index is 12.7. The van der Waals surface area contributed by atoms with Crippen molar-refractivity contribution in [3.8, 4) is 5.75 Å². The summed E-state index contributed by atoms with van der Waals surface area (Å²) in [7, 11) is -3.61. The summed E-state index contributed by atoms with van der Waals surface area (Å²) in [6.07, 6.45) is 3.69. The SMILES string of the molecule is O=S(=O)(c1ccccc1Cl)N1CCC(Oc2ccncc2Br)C1. The highest BCUT2D eigenvalue weighted by molar-refractivity contribution is 9.10. The van der Waals surface area contributed by atoms with Crippen molar-refractivity contribution in [2.24, 2.45) is 0 Å². The predicted octanol–water partition coefficient (Wildman–Crippen LogP) is 3.34. The molecule has 0 radical (unpaired) electrons. The second-order valence-corrected chi connectivity index (χ2v) is 8.30. The molecule has 0 saturated carbocycles. The van der Waals surface area contributed by atoms with Crippen molar-refractivity contribution >= 4 is 37.6 Å². The maximum Gasteiger partial charge on any atom is 0.244 e. The van der Waals surface area contributed by atoms with Crippen LogP contribution in [-0.2, 0) is 10.0 Å². The molecular weight excluding hydrogens is 404 g/mol. The van der Waals surface area contributed by atoms with Crippen molar-refractivity contribution in [1.82, 2.24) is 9.29 Å². The molecule has 1 aliphatic heterocycles. The van der Waals surface area contributed by atoms with Gasteiger partial charge in [-0.15, -0.1) is 0 Å². The zero-order valence-corrected chi connectivity index (χ0v) is 15.2. The number of nitrogens with zero attached hydrogens (tertiary/aromatic N) is 2. The van der Waals surface area contributed by atoms with E-state index in [4.69, 9.17) is 16.3 Å². The highest BCUT2D eigenvalue weighted by Crippen LogP contribution is 2.30. The molecule has 0 aliphatic carbocycles. The fourth-order valence-electron chi connectivity index (χ4n) is 2.44. The van der Waals surface area contributed by atoms with Crippen LogP contribution in [0.15, 0.2) is 52.1 Å². The van der Waals surface area contributed by atoms with Crippen molar-refractivity contribution in [2.75, 3.05) is 13.1 Å². The van der Waals surface area contributed by atoms with E-state index < -0.39 is 10.0 Å². The van der Waals surface area contributed by atoms with Gasteiger partial charge in [0.25, 0.3) is 0 Å². The molecule has 23 heavy (non-hydrogen) atoms. The smallest absolute Gasteiger partial charge is 0.244 e. The van der Waals surface area contributed by atoms with Gasteiger partial charge < -0.3 is 4.74 Å². The molecule has 1 aliphatic rings.